The molecule has 17 heavy (non-hydrogen) atoms. The lowest BCUT2D eigenvalue weighted by Crippen LogP contribution is -2.19. The minimum Gasteiger partial charge on any atom is -0.390 e. The van der Waals surface area contributed by atoms with E-state index in [1.807, 2.05) is 0 Å². The van der Waals surface area contributed by atoms with Crippen molar-refractivity contribution in [1.29, 1.82) is 0 Å². The van der Waals surface area contributed by atoms with Gasteiger partial charge in [0.15, 0.2) is 0 Å². The normalized spacial score (nSPS) is 17.3. The molecule has 1 aliphatic carbocycles. The summed E-state index contributed by atoms with van der Waals surface area (Å²) in [6, 6.07) is 0. The summed E-state index contributed by atoms with van der Waals surface area (Å²) >= 11 is 0. The molecule has 1 atom stereocenters. The minimum absolute atomic E-state index is 0.285. The van der Waals surface area contributed by atoms with Crippen molar-refractivity contribution in [1.82, 2.24) is 0 Å². The van der Waals surface area contributed by atoms with Crippen LogP contribution in [0.25, 0.3) is 0 Å². The molecule has 1 fully saturated rings. The van der Waals surface area contributed by atoms with E-state index in [1.54, 1.807) is 7.11 Å². The highest BCUT2D eigenvalue weighted by Gasteiger charge is 2.29. The van der Waals surface area contributed by atoms with Crippen molar-refractivity contribution in [2.75, 3.05) is 53.4 Å². The molecule has 1 N–H and O–H groups in total. The van der Waals surface area contributed by atoms with E-state index in [1.165, 1.54) is 0 Å². The molecule has 0 aromatic heterocycles. The highest BCUT2D eigenvalue weighted by Crippen LogP contribution is 2.32. The van der Waals surface area contributed by atoms with E-state index >= 15 is 0 Å². The van der Waals surface area contributed by atoms with Gasteiger partial charge in [0.1, 0.15) is 0 Å². The fourth-order valence-electron chi connectivity index (χ4n) is 1.40. The largest absolute Gasteiger partial charge is 0.390 e. The van der Waals surface area contributed by atoms with E-state index in [0.717, 1.165) is 12.8 Å². The third-order valence-electron chi connectivity index (χ3n) is 2.63. The monoisotopic (exact) mass is 248 g/mol. The SMILES string of the molecule is COCCOCCOCCOCC(O)C1CC1. The highest BCUT2D eigenvalue weighted by atomic mass is 16.6. The van der Waals surface area contributed by atoms with Crippen LogP contribution in [0.1, 0.15) is 12.8 Å². The molecule has 0 heterocycles. The summed E-state index contributed by atoms with van der Waals surface area (Å²) in [6.45, 7) is 3.86. The fraction of sp³-hybridized carbons (Fsp3) is 1.00. The van der Waals surface area contributed by atoms with Crippen LogP contribution < -0.4 is 0 Å². The Balaban J connectivity index is 1.69. The fourth-order valence-corrected chi connectivity index (χ4v) is 1.40. The van der Waals surface area contributed by atoms with E-state index < -0.39 is 0 Å². The Labute approximate surface area is 103 Å². The quantitative estimate of drug-likeness (QED) is 0.508. The first-order chi connectivity index (χ1) is 8.34. The molecule has 5 heteroatoms. The van der Waals surface area contributed by atoms with Crippen molar-refractivity contribution in [2.24, 2.45) is 5.92 Å². The topological polar surface area (TPSA) is 57.2 Å². The van der Waals surface area contributed by atoms with Gasteiger partial charge >= 0.3 is 0 Å². The van der Waals surface area contributed by atoms with Crippen LogP contribution in [0.5, 0.6) is 0 Å². The average molecular weight is 248 g/mol. The van der Waals surface area contributed by atoms with Crippen LogP contribution >= 0.6 is 0 Å². The van der Waals surface area contributed by atoms with Gasteiger partial charge in [-0.2, -0.15) is 0 Å². The first-order valence-corrected chi connectivity index (χ1v) is 6.25. The van der Waals surface area contributed by atoms with E-state index in [4.69, 9.17) is 18.9 Å². The maximum atomic E-state index is 9.51. The lowest BCUT2D eigenvalue weighted by atomic mass is 10.2. The third-order valence-corrected chi connectivity index (χ3v) is 2.63. The number of methoxy groups -OCH3 is 1. The first kappa shape index (κ1) is 14.9. The van der Waals surface area contributed by atoms with Crippen molar-refractivity contribution in [2.45, 2.75) is 18.9 Å². The molecule has 0 saturated heterocycles. The zero-order chi connectivity index (χ0) is 12.3. The van der Waals surface area contributed by atoms with E-state index in [-0.39, 0.29) is 6.10 Å². The highest BCUT2D eigenvalue weighted by molar-refractivity contribution is 4.80. The number of hydrogen-bond donors (Lipinski definition) is 1. The second-order valence-corrected chi connectivity index (χ2v) is 4.20. The van der Waals surface area contributed by atoms with Gasteiger partial charge in [0, 0.05) is 7.11 Å². The lowest BCUT2D eigenvalue weighted by Gasteiger charge is -2.10. The number of aliphatic hydroxyl groups excluding tert-OH is 1. The Kier molecular flexibility index (Phi) is 8.56. The van der Waals surface area contributed by atoms with Crippen molar-refractivity contribution >= 4 is 0 Å². The summed E-state index contributed by atoms with van der Waals surface area (Å²) in [5.74, 6) is 0.477. The smallest absolute Gasteiger partial charge is 0.0801 e. The van der Waals surface area contributed by atoms with Crippen molar-refractivity contribution in [3.63, 3.8) is 0 Å². The van der Waals surface area contributed by atoms with Gasteiger partial charge in [0.2, 0.25) is 0 Å². The molecule has 1 unspecified atom stereocenters. The molecule has 0 spiro atoms. The van der Waals surface area contributed by atoms with Crippen molar-refractivity contribution in [3.05, 3.63) is 0 Å². The minimum atomic E-state index is -0.285. The molecule has 0 aromatic rings. The Bertz CT molecular complexity index is 172. The predicted octanol–water partition coefficient (Wildman–Crippen LogP) is 0.453. The Hall–Kier alpha value is -0.200. The zero-order valence-corrected chi connectivity index (χ0v) is 10.6. The van der Waals surface area contributed by atoms with Crippen LogP contribution in [-0.4, -0.2) is 64.6 Å². The Morgan fingerprint density at radius 3 is 2.00 bits per heavy atom. The summed E-state index contributed by atoms with van der Waals surface area (Å²) in [5.41, 5.74) is 0. The number of rotatable bonds is 12. The molecule has 0 amide bonds. The van der Waals surface area contributed by atoms with Crippen LogP contribution in [0.15, 0.2) is 0 Å². The average Bonchev–Trinajstić information content (AvgIpc) is 3.15. The summed E-state index contributed by atoms with van der Waals surface area (Å²) in [6.07, 6.45) is 1.99. The summed E-state index contributed by atoms with van der Waals surface area (Å²) in [5, 5.41) is 9.51. The van der Waals surface area contributed by atoms with Crippen LogP contribution in [0.2, 0.25) is 0 Å². The molecule has 5 nitrogen and oxygen atoms in total. The van der Waals surface area contributed by atoms with Gasteiger partial charge in [-0.3, -0.25) is 0 Å². The van der Waals surface area contributed by atoms with Crippen molar-refractivity contribution < 1.29 is 24.1 Å². The molecular weight excluding hydrogens is 224 g/mol. The number of aliphatic hydroxyl groups is 1. The van der Waals surface area contributed by atoms with Gasteiger partial charge in [-0.1, -0.05) is 0 Å². The zero-order valence-electron chi connectivity index (χ0n) is 10.6. The van der Waals surface area contributed by atoms with Crippen LogP contribution in [-0.2, 0) is 18.9 Å². The molecule has 102 valence electrons. The number of ether oxygens (including phenoxy) is 4. The summed E-state index contributed by atoms with van der Waals surface area (Å²) in [7, 11) is 1.65. The Morgan fingerprint density at radius 2 is 1.47 bits per heavy atom. The second kappa shape index (κ2) is 9.79. The lowest BCUT2D eigenvalue weighted by molar-refractivity contribution is -0.0182. The van der Waals surface area contributed by atoms with Crippen molar-refractivity contribution in [3.8, 4) is 0 Å². The van der Waals surface area contributed by atoms with Gasteiger partial charge in [-0.25, -0.2) is 0 Å². The molecule has 1 rings (SSSR count). The van der Waals surface area contributed by atoms with Crippen LogP contribution in [0.3, 0.4) is 0 Å². The van der Waals surface area contributed by atoms with Gasteiger partial charge < -0.3 is 24.1 Å². The molecular formula is C12H24O5. The standard InChI is InChI=1S/C12H24O5/c1-14-4-5-15-6-7-16-8-9-17-10-12(13)11-2-3-11/h11-13H,2-10H2,1H3. The first-order valence-electron chi connectivity index (χ1n) is 6.25. The summed E-state index contributed by atoms with van der Waals surface area (Å²) < 4.78 is 20.7. The van der Waals surface area contributed by atoms with Crippen LogP contribution in [0, 0.1) is 5.92 Å². The molecule has 0 aromatic carbocycles. The van der Waals surface area contributed by atoms with Gasteiger partial charge in [0.25, 0.3) is 0 Å². The van der Waals surface area contributed by atoms with E-state index in [0.29, 0.717) is 52.2 Å². The van der Waals surface area contributed by atoms with E-state index in [2.05, 4.69) is 0 Å². The van der Waals surface area contributed by atoms with Gasteiger partial charge in [-0.15, -0.1) is 0 Å². The molecule has 0 bridgehead atoms. The van der Waals surface area contributed by atoms with Crippen LogP contribution in [0.4, 0.5) is 0 Å². The molecule has 1 aliphatic rings. The van der Waals surface area contributed by atoms with Gasteiger partial charge in [-0.05, 0) is 18.8 Å². The molecule has 0 aliphatic heterocycles. The molecule has 0 radical (unpaired) electrons. The second-order valence-electron chi connectivity index (χ2n) is 4.20. The predicted molar refractivity (Wildman–Crippen MR) is 63.1 cm³/mol. The third kappa shape index (κ3) is 8.51. The maximum Gasteiger partial charge on any atom is 0.0801 e. The van der Waals surface area contributed by atoms with E-state index in [9.17, 15) is 5.11 Å². The maximum absolute atomic E-state index is 9.51. The summed E-state index contributed by atoms with van der Waals surface area (Å²) in [4.78, 5) is 0. The number of hydrogen-bond acceptors (Lipinski definition) is 5. The Morgan fingerprint density at radius 1 is 0.941 bits per heavy atom. The molecule has 1 saturated carbocycles. The van der Waals surface area contributed by atoms with Gasteiger partial charge in [0.05, 0.1) is 52.4 Å².